The second-order valence-corrected chi connectivity index (χ2v) is 6.52. The summed E-state index contributed by atoms with van der Waals surface area (Å²) in [6.45, 7) is 0.127. The molecule has 5 nitrogen and oxygen atoms in total. The molecular weight excluding hydrogens is 413 g/mol. The highest BCUT2D eigenvalue weighted by molar-refractivity contribution is 9.10. The molecule has 0 saturated carbocycles. The number of hydrogen-bond acceptors (Lipinski definition) is 4. The molecule has 9 heteroatoms. The molecule has 0 saturated heterocycles. The monoisotopic (exact) mass is 426 g/mol. The number of alkyl halides is 3. The van der Waals surface area contributed by atoms with Gasteiger partial charge in [0.15, 0.2) is 0 Å². The molecule has 3 rings (SSSR count). The zero-order valence-electron chi connectivity index (χ0n) is 13.4. The first-order valence-corrected chi connectivity index (χ1v) is 8.50. The van der Waals surface area contributed by atoms with E-state index in [0.29, 0.717) is 12.2 Å². The quantitative estimate of drug-likeness (QED) is 0.675. The van der Waals surface area contributed by atoms with E-state index in [1.54, 1.807) is 0 Å². The molecule has 136 valence electrons. The van der Waals surface area contributed by atoms with E-state index in [1.807, 2.05) is 18.2 Å². The van der Waals surface area contributed by atoms with Gasteiger partial charge in [-0.25, -0.2) is 0 Å². The number of aromatic nitrogens is 4. The van der Waals surface area contributed by atoms with Crippen LogP contribution in [0.25, 0.3) is 11.4 Å². The average molecular weight is 427 g/mol. The van der Waals surface area contributed by atoms with E-state index in [0.717, 1.165) is 33.3 Å². The number of aliphatic hydroxyl groups excluding tert-OH is 1. The van der Waals surface area contributed by atoms with Crippen molar-refractivity contribution in [3.63, 3.8) is 0 Å². The molecule has 0 aliphatic carbocycles. The zero-order chi connectivity index (χ0) is 18.7. The van der Waals surface area contributed by atoms with Gasteiger partial charge in [0.1, 0.15) is 0 Å². The summed E-state index contributed by atoms with van der Waals surface area (Å²) in [6.07, 6.45) is -3.92. The molecular formula is C17H14BrF3N4O. The smallest absolute Gasteiger partial charge is 0.394 e. The second kappa shape index (κ2) is 7.55. The van der Waals surface area contributed by atoms with Gasteiger partial charge in [0, 0.05) is 10.0 Å². The van der Waals surface area contributed by atoms with Crippen LogP contribution in [0, 0.1) is 0 Å². The average Bonchev–Trinajstić information content (AvgIpc) is 3.05. The Morgan fingerprint density at radius 1 is 1.08 bits per heavy atom. The van der Waals surface area contributed by atoms with Crippen molar-refractivity contribution in [2.75, 3.05) is 6.61 Å². The van der Waals surface area contributed by atoms with E-state index >= 15 is 0 Å². The Labute approximate surface area is 155 Å². The molecule has 0 aliphatic heterocycles. The van der Waals surface area contributed by atoms with Gasteiger partial charge in [-0.3, -0.25) is 0 Å². The van der Waals surface area contributed by atoms with Crippen molar-refractivity contribution in [2.45, 2.75) is 19.1 Å². The molecule has 0 atom stereocenters. The van der Waals surface area contributed by atoms with E-state index < -0.39 is 11.7 Å². The number of halogens is 4. The fourth-order valence-electron chi connectivity index (χ4n) is 2.48. The third kappa shape index (κ3) is 4.28. The largest absolute Gasteiger partial charge is 0.416 e. The Balaban J connectivity index is 1.90. The van der Waals surface area contributed by atoms with Gasteiger partial charge < -0.3 is 5.11 Å². The van der Waals surface area contributed by atoms with Crippen molar-refractivity contribution in [1.82, 2.24) is 20.2 Å². The highest BCUT2D eigenvalue weighted by Crippen LogP contribution is 2.30. The van der Waals surface area contributed by atoms with Crippen LogP contribution in [0.15, 0.2) is 46.9 Å². The van der Waals surface area contributed by atoms with E-state index in [2.05, 4.69) is 31.3 Å². The first-order valence-electron chi connectivity index (χ1n) is 7.70. The van der Waals surface area contributed by atoms with Crippen LogP contribution in [0.3, 0.4) is 0 Å². The lowest BCUT2D eigenvalue weighted by molar-refractivity contribution is -0.137. The number of nitrogens with zero attached hydrogens (tertiary/aromatic N) is 4. The lowest BCUT2D eigenvalue weighted by Crippen LogP contribution is -2.06. The summed E-state index contributed by atoms with van der Waals surface area (Å²) in [5.74, 6) is 0.390. The Bertz CT molecular complexity index is 894. The molecule has 1 aromatic heterocycles. The van der Waals surface area contributed by atoms with Gasteiger partial charge >= 0.3 is 6.18 Å². The first-order chi connectivity index (χ1) is 12.4. The Morgan fingerprint density at radius 2 is 1.81 bits per heavy atom. The Morgan fingerprint density at radius 3 is 2.46 bits per heavy atom. The van der Waals surface area contributed by atoms with E-state index in [4.69, 9.17) is 5.11 Å². The molecule has 0 fully saturated rings. The fraction of sp³-hybridized carbons (Fsp3) is 0.235. The van der Waals surface area contributed by atoms with Gasteiger partial charge in [-0.15, -0.1) is 10.2 Å². The summed E-state index contributed by atoms with van der Waals surface area (Å²) < 4.78 is 38.9. The highest BCUT2D eigenvalue weighted by atomic mass is 79.9. The fourth-order valence-corrected chi connectivity index (χ4v) is 2.84. The maximum Gasteiger partial charge on any atom is 0.416 e. The molecule has 2 aromatic carbocycles. The predicted octanol–water partition coefficient (Wildman–Crippen LogP) is 3.70. The van der Waals surface area contributed by atoms with Crippen molar-refractivity contribution >= 4 is 15.9 Å². The zero-order valence-corrected chi connectivity index (χ0v) is 15.0. The number of aliphatic hydroxyl groups is 1. The molecule has 3 aromatic rings. The summed E-state index contributed by atoms with van der Waals surface area (Å²) in [4.78, 5) is 1.29. The number of hydrogen-bond donors (Lipinski definition) is 1. The normalized spacial score (nSPS) is 11.7. The Hall–Kier alpha value is -2.26. The summed E-state index contributed by atoms with van der Waals surface area (Å²) in [5.41, 5.74) is 1.65. The van der Waals surface area contributed by atoms with Gasteiger partial charge in [0.25, 0.3) is 0 Å². The van der Waals surface area contributed by atoms with Crippen LogP contribution in [0.1, 0.15) is 16.7 Å². The number of rotatable bonds is 5. The van der Waals surface area contributed by atoms with Crippen LogP contribution < -0.4 is 0 Å². The third-order valence-corrected chi connectivity index (χ3v) is 4.23. The third-order valence-electron chi connectivity index (χ3n) is 3.74. The molecule has 0 aliphatic rings. The highest BCUT2D eigenvalue weighted by Gasteiger charge is 2.29. The molecule has 1 heterocycles. The van der Waals surface area contributed by atoms with Crippen molar-refractivity contribution in [3.8, 4) is 11.4 Å². The van der Waals surface area contributed by atoms with E-state index in [1.165, 1.54) is 16.9 Å². The van der Waals surface area contributed by atoms with Crippen LogP contribution in [0.5, 0.6) is 0 Å². The lowest BCUT2D eigenvalue weighted by atomic mass is 9.98. The summed E-state index contributed by atoms with van der Waals surface area (Å²) in [7, 11) is 0. The maximum absolute atomic E-state index is 12.7. The van der Waals surface area contributed by atoms with Crippen LogP contribution in [0.2, 0.25) is 0 Å². The Kier molecular flexibility index (Phi) is 5.38. The van der Waals surface area contributed by atoms with Crippen molar-refractivity contribution in [1.29, 1.82) is 0 Å². The van der Waals surface area contributed by atoms with Gasteiger partial charge in [0.05, 0.1) is 18.7 Å². The molecule has 0 amide bonds. The minimum Gasteiger partial charge on any atom is -0.394 e. The van der Waals surface area contributed by atoms with Gasteiger partial charge in [-0.05, 0) is 47.0 Å². The number of benzene rings is 2. The maximum atomic E-state index is 12.7. The van der Waals surface area contributed by atoms with Crippen molar-refractivity contribution < 1.29 is 18.3 Å². The van der Waals surface area contributed by atoms with Gasteiger partial charge in [-0.1, -0.05) is 34.1 Å². The summed E-state index contributed by atoms with van der Waals surface area (Å²) in [5, 5.41) is 21.1. The molecule has 0 unspecified atom stereocenters. The van der Waals surface area contributed by atoms with Gasteiger partial charge in [-0.2, -0.15) is 18.0 Å². The topological polar surface area (TPSA) is 63.8 Å². The molecule has 1 N–H and O–H groups in total. The molecule has 0 spiro atoms. The predicted molar refractivity (Wildman–Crippen MR) is 92.3 cm³/mol. The summed E-state index contributed by atoms with van der Waals surface area (Å²) >= 11 is 3.40. The standard InChI is InChI=1S/C17H14BrF3N4O/c18-14-6-3-12(9-11-1-4-13(5-2-11)17(19,20)21)15(10-14)16-22-24-25(23-16)7-8-26/h1-6,10,26H,7-9H2. The van der Waals surface area contributed by atoms with Crippen LogP contribution in [-0.2, 0) is 19.1 Å². The van der Waals surface area contributed by atoms with Gasteiger partial charge in [0.2, 0.25) is 5.82 Å². The SMILES string of the molecule is OCCn1nnc(-c2cc(Br)ccc2Cc2ccc(C(F)(F)F)cc2)n1. The first kappa shape index (κ1) is 18.5. The van der Waals surface area contributed by atoms with Crippen molar-refractivity contribution in [2.24, 2.45) is 0 Å². The van der Waals surface area contributed by atoms with Crippen molar-refractivity contribution in [3.05, 3.63) is 63.6 Å². The number of tetrazole rings is 1. The minimum atomic E-state index is -4.35. The van der Waals surface area contributed by atoms with E-state index in [9.17, 15) is 13.2 Å². The van der Waals surface area contributed by atoms with E-state index in [-0.39, 0.29) is 13.2 Å². The minimum absolute atomic E-state index is 0.104. The molecule has 0 bridgehead atoms. The van der Waals surface area contributed by atoms with Crippen LogP contribution in [0.4, 0.5) is 13.2 Å². The second-order valence-electron chi connectivity index (χ2n) is 5.61. The molecule has 0 radical (unpaired) electrons. The lowest BCUT2D eigenvalue weighted by Gasteiger charge is -2.10. The van der Waals surface area contributed by atoms with Crippen LogP contribution >= 0.6 is 15.9 Å². The molecule has 26 heavy (non-hydrogen) atoms. The summed E-state index contributed by atoms with van der Waals surface area (Å²) in [6, 6.07) is 10.6. The van der Waals surface area contributed by atoms with Crippen LogP contribution in [-0.4, -0.2) is 31.9 Å².